The molecule has 0 radical (unpaired) electrons. The van der Waals surface area contributed by atoms with Gasteiger partial charge in [0, 0.05) is 37.6 Å². The van der Waals surface area contributed by atoms with Crippen LogP contribution in [0.2, 0.25) is 0 Å². The average molecular weight is 255 g/mol. The second-order valence-electron chi connectivity index (χ2n) is 4.42. The topological polar surface area (TPSA) is 62.3 Å². The highest BCUT2D eigenvalue weighted by molar-refractivity contribution is 7.89. The van der Waals surface area contributed by atoms with Crippen molar-refractivity contribution in [2.45, 2.75) is 30.8 Å². The molecule has 2 unspecified atom stereocenters. The Hall–Kier alpha value is -0.980. The number of hydrogen-bond donors (Lipinski definition) is 1. The molecule has 2 rings (SSSR count). The standard InChI is InChI=1S/C11H17N3O2S/c1-9-8-14(10(2)6-13-9)17(15,16)11-4-3-5-12-7-11/h3-5,7,9-10,13H,6,8H2,1-2H3. The van der Waals surface area contributed by atoms with E-state index in [-0.39, 0.29) is 17.0 Å². The largest absolute Gasteiger partial charge is 0.311 e. The van der Waals surface area contributed by atoms with Crippen molar-refractivity contribution in [3.8, 4) is 0 Å². The number of sulfonamides is 1. The molecule has 1 N–H and O–H groups in total. The summed E-state index contributed by atoms with van der Waals surface area (Å²) >= 11 is 0. The number of piperazine rings is 1. The van der Waals surface area contributed by atoms with Gasteiger partial charge in [0.1, 0.15) is 4.90 Å². The van der Waals surface area contributed by atoms with Gasteiger partial charge in [0.05, 0.1) is 0 Å². The molecule has 6 heteroatoms. The van der Waals surface area contributed by atoms with Crippen molar-refractivity contribution in [2.75, 3.05) is 13.1 Å². The Morgan fingerprint density at radius 1 is 1.47 bits per heavy atom. The van der Waals surface area contributed by atoms with Crippen LogP contribution in [-0.4, -0.2) is 42.9 Å². The predicted octanol–water partition coefficient (Wildman–Crippen LogP) is 0.453. The maximum atomic E-state index is 12.4. The third-order valence-electron chi connectivity index (χ3n) is 2.95. The van der Waals surface area contributed by atoms with Gasteiger partial charge >= 0.3 is 0 Å². The van der Waals surface area contributed by atoms with Gasteiger partial charge in [-0.3, -0.25) is 4.98 Å². The zero-order valence-electron chi connectivity index (χ0n) is 10.00. The van der Waals surface area contributed by atoms with E-state index >= 15 is 0 Å². The number of nitrogens with zero attached hydrogens (tertiary/aromatic N) is 2. The Morgan fingerprint density at radius 3 is 2.88 bits per heavy atom. The molecule has 1 saturated heterocycles. The Kier molecular flexibility index (Phi) is 3.46. The zero-order chi connectivity index (χ0) is 12.5. The summed E-state index contributed by atoms with van der Waals surface area (Å²) in [7, 11) is -3.41. The number of hydrogen-bond acceptors (Lipinski definition) is 4. The number of pyridine rings is 1. The number of nitrogens with one attached hydrogen (secondary N) is 1. The monoisotopic (exact) mass is 255 g/mol. The minimum absolute atomic E-state index is 0.0311. The van der Waals surface area contributed by atoms with Gasteiger partial charge in [-0.25, -0.2) is 8.42 Å². The van der Waals surface area contributed by atoms with E-state index in [9.17, 15) is 8.42 Å². The van der Waals surface area contributed by atoms with Crippen LogP contribution >= 0.6 is 0 Å². The molecule has 0 amide bonds. The third-order valence-corrected chi connectivity index (χ3v) is 4.91. The van der Waals surface area contributed by atoms with E-state index in [2.05, 4.69) is 10.3 Å². The first-order valence-electron chi connectivity index (χ1n) is 5.67. The van der Waals surface area contributed by atoms with E-state index in [0.29, 0.717) is 13.1 Å². The summed E-state index contributed by atoms with van der Waals surface area (Å²) in [6.07, 6.45) is 2.97. The fourth-order valence-corrected chi connectivity index (χ4v) is 3.64. The number of aromatic nitrogens is 1. The summed E-state index contributed by atoms with van der Waals surface area (Å²) < 4.78 is 26.3. The van der Waals surface area contributed by atoms with Crippen LogP contribution in [0.4, 0.5) is 0 Å². The van der Waals surface area contributed by atoms with Gasteiger partial charge in [0.15, 0.2) is 0 Å². The highest BCUT2D eigenvalue weighted by Crippen LogP contribution is 2.19. The molecule has 2 heterocycles. The Bertz CT molecular complexity index is 475. The molecule has 1 aliphatic rings. The van der Waals surface area contributed by atoms with Crippen LogP contribution in [-0.2, 0) is 10.0 Å². The molecule has 17 heavy (non-hydrogen) atoms. The minimum Gasteiger partial charge on any atom is -0.311 e. The van der Waals surface area contributed by atoms with Crippen LogP contribution in [0.3, 0.4) is 0 Å². The van der Waals surface area contributed by atoms with Crippen LogP contribution in [0.15, 0.2) is 29.4 Å². The lowest BCUT2D eigenvalue weighted by Crippen LogP contribution is -2.56. The molecule has 0 aliphatic carbocycles. The highest BCUT2D eigenvalue weighted by Gasteiger charge is 2.33. The van der Waals surface area contributed by atoms with Gasteiger partial charge in [-0.05, 0) is 26.0 Å². The first-order chi connectivity index (χ1) is 8.01. The molecule has 1 aliphatic heterocycles. The van der Waals surface area contributed by atoms with Crippen molar-refractivity contribution in [1.82, 2.24) is 14.6 Å². The minimum atomic E-state index is -3.41. The summed E-state index contributed by atoms with van der Waals surface area (Å²) in [4.78, 5) is 4.13. The van der Waals surface area contributed by atoms with Gasteiger partial charge in [-0.15, -0.1) is 0 Å². The van der Waals surface area contributed by atoms with Gasteiger partial charge in [0.2, 0.25) is 10.0 Å². The average Bonchev–Trinajstić information content (AvgIpc) is 2.33. The van der Waals surface area contributed by atoms with Crippen molar-refractivity contribution >= 4 is 10.0 Å². The van der Waals surface area contributed by atoms with Crippen LogP contribution in [0.1, 0.15) is 13.8 Å². The van der Waals surface area contributed by atoms with E-state index in [0.717, 1.165) is 0 Å². The molecular formula is C11H17N3O2S. The summed E-state index contributed by atoms with van der Waals surface area (Å²) in [5.41, 5.74) is 0. The van der Waals surface area contributed by atoms with Crippen LogP contribution in [0, 0.1) is 0 Å². The third kappa shape index (κ3) is 2.48. The van der Waals surface area contributed by atoms with E-state index < -0.39 is 10.0 Å². The maximum absolute atomic E-state index is 12.4. The lowest BCUT2D eigenvalue weighted by Gasteiger charge is -2.36. The first kappa shape index (κ1) is 12.5. The molecule has 2 atom stereocenters. The summed E-state index contributed by atoms with van der Waals surface area (Å²) in [6, 6.07) is 3.37. The lowest BCUT2D eigenvalue weighted by atomic mass is 10.2. The van der Waals surface area contributed by atoms with Crippen molar-refractivity contribution in [3.63, 3.8) is 0 Å². The SMILES string of the molecule is CC1CN(S(=O)(=O)c2cccnc2)C(C)CN1. The van der Waals surface area contributed by atoms with E-state index in [4.69, 9.17) is 0 Å². The van der Waals surface area contributed by atoms with Gasteiger partial charge < -0.3 is 5.32 Å². The Labute approximate surface area is 102 Å². The van der Waals surface area contributed by atoms with Gasteiger partial charge in [-0.1, -0.05) is 0 Å². The molecular weight excluding hydrogens is 238 g/mol. The van der Waals surface area contributed by atoms with E-state index in [1.54, 1.807) is 22.6 Å². The van der Waals surface area contributed by atoms with E-state index in [1.165, 1.54) is 6.20 Å². The Morgan fingerprint density at radius 2 is 2.24 bits per heavy atom. The van der Waals surface area contributed by atoms with Crippen molar-refractivity contribution in [3.05, 3.63) is 24.5 Å². The fraction of sp³-hybridized carbons (Fsp3) is 0.545. The Balaban J connectivity index is 2.32. The van der Waals surface area contributed by atoms with Crippen LogP contribution in [0.25, 0.3) is 0 Å². The molecule has 0 aromatic carbocycles. The smallest absolute Gasteiger partial charge is 0.244 e. The molecule has 0 bridgehead atoms. The van der Waals surface area contributed by atoms with Crippen molar-refractivity contribution in [1.29, 1.82) is 0 Å². The molecule has 0 spiro atoms. The summed E-state index contributed by atoms with van der Waals surface area (Å²) in [5, 5.41) is 3.26. The fourth-order valence-electron chi connectivity index (χ4n) is 1.96. The molecule has 1 aromatic heterocycles. The predicted molar refractivity (Wildman–Crippen MR) is 65.1 cm³/mol. The molecule has 94 valence electrons. The zero-order valence-corrected chi connectivity index (χ0v) is 10.8. The van der Waals surface area contributed by atoms with Gasteiger partial charge in [-0.2, -0.15) is 4.31 Å². The van der Waals surface area contributed by atoms with Gasteiger partial charge in [0.25, 0.3) is 0 Å². The summed E-state index contributed by atoms with van der Waals surface area (Å²) in [6.45, 7) is 5.07. The van der Waals surface area contributed by atoms with Crippen LogP contribution in [0.5, 0.6) is 0 Å². The first-order valence-corrected chi connectivity index (χ1v) is 7.11. The number of rotatable bonds is 2. The maximum Gasteiger partial charge on any atom is 0.244 e. The lowest BCUT2D eigenvalue weighted by molar-refractivity contribution is 0.244. The highest BCUT2D eigenvalue weighted by atomic mass is 32.2. The second-order valence-corrected chi connectivity index (χ2v) is 6.31. The van der Waals surface area contributed by atoms with Crippen molar-refractivity contribution in [2.24, 2.45) is 0 Å². The second kappa shape index (κ2) is 4.72. The molecule has 1 aromatic rings. The van der Waals surface area contributed by atoms with Crippen LogP contribution < -0.4 is 5.32 Å². The molecule has 0 saturated carbocycles. The quantitative estimate of drug-likeness (QED) is 0.833. The normalized spacial score (nSPS) is 26.9. The molecule has 5 nitrogen and oxygen atoms in total. The van der Waals surface area contributed by atoms with E-state index in [1.807, 2.05) is 13.8 Å². The summed E-state index contributed by atoms with van der Waals surface area (Å²) in [5.74, 6) is 0. The molecule has 1 fully saturated rings. The van der Waals surface area contributed by atoms with Crippen molar-refractivity contribution < 1.29 is 8.42 Å².